The van der Waals surface area contributed by atoms with Gasteiger partial charge in [-0.05, 0) is 37.5 Å². The highest BCUT2D eigenvalue weighted by atomic mass is 16.7. The van der Waals surface area contributed by atoms with Gasteiger partial charge in [0.05, 0.1) is 6.10 Å². The van der Waals surface area contributed by atoms with Crippen molar-refractivity contribution in [1.82, 2.24) is 0 Å². The van der Waals surface area contributed by atoms with Crippen molar-refractivity contribution in [2.45, 2.75) is 70.8 Å². The summed E-state index contributed by atoms with van der Waals surface area (Å²) in [6.45, 7) is 1.55. The van der Waals surface area contributed by atoms with Crippen LogP contribution in [0.15, 0.2) is 0 Å². The summed E-state index contributed by atoms with van der Waals surface area (Å²) in [6, 6.07) is 0. The summed E-state index contributed by atoms with van der Waals surface area (Å²) in [6.07, 6.45) is 12.4. The van der Waals surface area contributed by atoms with Crippen molar-refractivity contribution in [2.75, 3.05) is 6.79 Å². The molecule has 0 aromatic carbocycles. The lowest BCUT2D eigenvalue weighted by Gasteiger charge is -2.35. The Bertz CT molecular complexity index is 250. The molecule has 3 heteroatoms. The van der Waals surface area contributed by atoms with E-state index in [2.05, 4.69) is 0 Å². The maximum Gasteiger partial charge on any atom is 0.304 e. The molecule has 2 aliphatic carbocycles. The minimum Gasteiger partial charge on any atom is -0.439 e. The third-order valence-corrected chi connectivity index (χ3v) is 4.60. The Hall–Kier alpha value is -0.570. The fourth-order valence-electron chi connectivity index (χ4n) is 3.55. The van der Waals surface area contributed by atoms with Gasteiger partial charge in [-0.15, -0.1) is 0 Å². The smallest absolute Gasteiger partial charge is 0.304 e. The average Bonchev–Trinajstić information content (AvgIpc) is 2.40. The van der Waals surface area contributed by atoms with E-state index in [0.717, 1.165) is 24.7 Å². The molecule has 18 heavy (non-hydrogen) atoms. The lowest BCUT2D eigenvalue weighted by molar-refractivity contribution is -0.160. The molecule has 2 aliphatic rings. The van der Waals surface area contributed by atoms with Crippen LogP contribution in [0.5, 0.6) is 0 Å². The molecule has 2 rings (SSSR count). The first kappa shape index (κ1) is 13.9. The van der Waals surface area contributed by atoms with E-state index < -0.39 is 0 Å². The van der Waals surface area contributed by atoms with Gasteiger partial charge in [0.25, 0.3) is 0 Å². The van der Waals surface area contributed by atoms with Crippen molar-refractivity contribution in [2.24, 2.45) is 11.8 Å². The predicted molar refractivity (Wildman–Crippen MR) is 70.0 cm³/mol. The highest BCUT2D eigenvalue weighted by Gasteiger charge is 2.28. The van der Waals surface area contributed by atoms with E-state index in [1.807, 2.05) is 0 Å². The van der Waals surface area contributed by atoms with Gasteiger partial charge in [-0.2, -0.15) is 0 Å². The Kier molecular flexibility index (Phi) is 5.48. The molecule has 0 aromatic heterocycles. The molecule has 0 N–H and O–H groups in total. The van der Waals surface area contributed by atoms with Gasteiger partial charge in [0.2, 0.25) is 0 Å². The Morgan fingerprint density at radius 3 is 2.17 bits per heavy atom. The molecule has 0 atom stereocenters. The van der Waals surface area contributed by atoms with Gasteiger partial charge in [-0.25, -0.2) is 0 Å². The first-order chi connectivity index (χ1) is 8.75. The van der Waals surface area contributed by atoms with Gasteiger partial charge in [0.15, 0.2) is 6.79 Å². The van der Waals surface area contributed by atoms with Crippen molar-refractivity contribution in [1.29, 1.82) is 0 Å². The van der Waals surface area contributed by atoms with Crippen LogP contribution in [0.1, 0.15) is 64.7 Å². The maximum absolute atomic E-state index is 10.6. The lowest BCUT2D eigenvalue weighted by atomic mass is 9.73. The minimum absolute atomic E-state index is 0.133. The van der Waals surface area contributed by atoms with Crippen LogP contribution in [-0.2, 0) is 14.3 Å². The van der Waals surface area contributed by atoms with Gasteiger partial charge >= 0.3 is 5.97 Å². The Morgan fingerprint density at radius 1 is 0.944 bits per heavy atom. The van der Waals surface area contributed by atoms with Crippen molar-refractivity contribution in [3.05, 3.63) is 0 Å². The summed E-state index contributed by atoms with van der Waals surface area (Å²) in [5, 5.41) is 0. The van der Waals surface area contributed by atoms with Crippen molar-refractivity contribution >= 4 is 5.97 Å². The molecule has 2 fully saturated rings. The van der Waals surface area contributed by atoms with Crippen LogP contribution in [0, 0.1) is 11.8 Å². The number of ether oxygens (including phenoxy) is 2. The minimum atomic E-state index is -0.258. The van der Waals surface area contributed by atoms with Gasteiger partial charge in [0.1, 0.15) is 0 Å². The molecule has 3 nitrogen and oxygen atoms in total. The maximum atomic E-state index is 10.6. The predicted octanol–water partition coefficient (Wildman–Crippen LogP) is 3.66. The van der Waals surface area contributed by atoms with Crippen LogP contribution in [0.4, 0.5) is 0 Å². The van der Waals surface area contributed by atoms with E-state index in [1.54, 1.807) is 0 Å². The fraction of sp³-hybridized carbons (Fsp3) is 0.933. The fourth-order valence-corrected chi connectivity index (χ4v) is 3.55. The zero-order chi connectivity index (χ0) is 12.8. The molecule has 0 saturated heterocycles. The van der Waals surface area contributed by atoms with E-state index >= 15 is 0 Å². The van der Waals surface area contributed by atoms with Crippen LogP contribution in [0.25, 0.3) is 0 Å². The highest BCUT2D eigenvalue weighted by molar-refractivity contribution is 5.65. The van der Waals surface area contributed by atoms with E-state index in [-0.39, 0.29) is 12.8 Å². The van der Waals surface area contributed by atoms with Gasteiger partial charge in [-0.3, -0.25) is 4.79 Å². The standard InChI is InChI=1S/C15H26O3/c1-12(16)17-11-18-15-9-7-14(8-10-15)13-5-3-2-4-6-13/h13-15H,2-11H2,1H3. The highest BCUT2D eigenvalue weighted by Crippen LogP contribution is 2.38. The molecule has 0 radical (unpaired) electrons. The molecular formula is C15H26O3. The van der Waals surface area contributed by atoms with Crippen LogP contribution < -0.4 is 0 Å². The van der Waals surface area contributed by atoms with Gasteiger partial charge < -0.3 is 9.47 Å². The SMILES string of the molecule is CC(=O)OCOC1CCC(C2CCCCC2)CC1. The lowest BCUT2D eigenvalue weighted by Crippen LogP contribution is -2.28. The molecular weight excluding hydrogens is 228 g/mol. The second-order valence-electron chi connectivity index (χ2n) is 5.86. The molecule has 0 aromatic rings. The number of rotatable bonds is 4. The first-order valence-electron chi connectivity index (χ1n) is 7.50. The second kappa shape index (κ2) is 7.13. The van der Waals surface area contributed by atoms with Crippen LogP contribution >= 0.6 is 0 Å². The quantitative estimate of drug-likeness (QED) is 0.567. The van der Waals surface area contributed by atoms with Crippen molar-refractivity contribution < 1.29 is 14.3 Å². The number of esters is 1. The first-order valence-corrected chi connectivity index (χ1v) is 7.50. The molecule has 2 saturated carbocycles. The van der Waals surface area contributed by atoms with Crippen molar-refractivity contribution in [3.63, 3.8) is 0 Å². The molecule has 0 unspecified atom stereocenters. The third-order valence-electron chi connectivity index (χ3n) is 4.60. The Labute approximate surface area is 110 Å². The molecule has 0 aliphatic heterocycles. The summed E-state index contributed by atoms with van der Waals surface area (Å²) in [7, 11) is 0. The topological polar surface area (TPSA) is 35.5 Å². The van der Waals surface area contributed by atoms with E-state index in [1.165, 1.54) is 51.9 Å². The Morgan fingerprint density at radius 2 is 1.56 bits per heavy atom. The molecule has 104 valence electrons. The summed E-state index contributed by atoms with van der Waals surface area (Å²) in [5.41, 5.74) is 0. The summed E-state index contributed by atoms with van der Waals surface area (Å²) in [5.74, 6) is 1.65. The third kappa shape index (κ3) is 4.27. The average molecular weight is 254 g/mol. The summed E-state index contributed by atoms with van der Waals surface area (Å²) < 4.78 is 10.4. The summed E-state index contributed by atoms with van der Waals surface area (Å²) >= 11 is 0. The number of carbonyl (C=O) groups excluding carboxylic acids is 1. The van der Waals surface area contributed by atoms with Gasteiger partial charge in [0, 0.05) is 6.92 Å². The Balaban J connectivity index is 1.63. The molecule has 0 heterocycles. The summed E-state index contributed by atoms with van der Waals surface area (Å²) in [4.78, 5) is 10.6. The van der Waals surface area contributed by atoms with E-state index in [0.29, 0.717) is 6.10 Å². The zero-order valence-corrected chi connectivity index (χ0v) is 11.5. The molecule has 0 bridgehead atoms. The van der Waals surface area contributed by atoms with Crippen LogP contribution in [-0.4, -0.2) is 18.9 Å². The largest absolute Gasteiger partial charge is 0.439 e. The normalized spacial score (nSPS) is 30.1. The van der Waals surface area contributed by atoms with Crippen LogP contribution in [0.2, 0.25) is 0 Å². The number of hydrogen-bond acceptors (Lipinski definition) is 3. The monoisotopic (exact) mass is 254 g/mol. The molecule has 0 amide bonds. The van der Waals surface area contributed by atoms with Gasteiger partial charge in [-0.1, -0.05) is 32.1 Å². The number of hydrogen-bond donors (Lipinski definition) is 0. The van der Waals surface area contributed by atoms with E-state index in [4.69, 9.17) is 9.47 Å². The van der Waals surface area contributed by atoms with Crippen LogP contribution in [0.3, 0.4) is 0 Å². The van der Waals surface area contributed by atoms with Crippen molar-refractivity contribution in [3.8, 4) is 0 Å². The zero-order valence-electron chi connectivity index (χ0n) is 11.5. The number of carbonyl (C=O) groups is 1. The molecule has 0 spiro atoms. The van der Waals surface area contributed by atoms with E-state index in [9.17, 15) is 4.79 Å². The second-order valence-corrected chi connectivity index (χ2v) is 5.86.